The Morgan fingerprint density at radius 1 is 1.18 bits per heavy atom. The van der Waals surface area contributed by atoms with Crippen LogP contribution < -0.4 is 4.90 Å². The molecular formula is C20H23N3O4S. The van der Waals surface area contributed by atoms with E-state index in [0.717, 1.165) is 5.56 Å². The lowest BCUT2D eigenvalue weighted by atomic mass is 9.75. The van der Waals surface area contributed by atoms with E-state index in [0.29, 0.717) is 54.6 Å². The van der Waals surface area contributed by atoms with Crippen molar-refractivity contribution in [3.05, 3.63) is 34.2 Å². The number of ether oxygens (including phenoxy) is 1. The molecule has 0 unspecified atom stereocenters. The van der Waals surface area contributed by atoms with Crippen molar-refractivity contribution in [1.29, 1.82) is 0 Å². The zero-order valence-electron chi connectivity index (χ0n) is 16.3. The van der Waals surface area contributed by atoms with Gasteiger partial charge in [-0.15, -0.1) is 11.3 Å². The largest absolute Gasteiger partial charge is 0.378 e. The first-order chi connectivity index (χ1) is 13.3. The van der Waals surface area contributed by atoms with Crippen molar-refractivity contribution >= 4 is 33.7 Å². The van der Waals surface area contributed by atoms with Crippen LogP contribution in [0, 0.1) is 5.41 Å². The minimum Gasteiger partial charge on any atom is -0.378 e. The van der Waals surface area contributed by atoms with Gasteiger partial charge in [-0.2, -0.15) is 0 Å². The third-order valence-corrected chi connectivity index (χ3v) is 6.54. The number of thiophene rings is 1. The Morgan fingerprint density at radius 2 is 1.89 bits per heavy atom. The lowest BCUT2D eigenvalue weighted by Gasteiger charge is -2.29. The Labute approximate surface area is 167 Å². The number of imidazole rings is 1. The molecular weight excluding hydrogens is 378 g/mol. The van der Waals surface area contributed by atoms with Gasteiger partial charge in [-0.3, -0.25) is 14.4 Å². The average Bonchev–Trinajstić information content (AvgIpc) is 3.24. The summed E-state index contributed by atoms with van der Waals surface area (Å²) in [6.45, 7) is 6.43. The molecule has 1 fully saturated rings. The van der Waals surface area contributed by atoms with Crippen LogP contribution in [0.2, 0.25) is 0 Å². The Kier molecular flexibility index (Phi) is 4.71. The highest BCUT2D eigenvalue weighted by Gasteiger charge is 2.40. The maximum Gasteiger partial charge on any atom is 0.253 e. The summed E-state index contributed by atoms with van der Waals surface area (Å²) in [5.74, 6) is -1.16. The van der Waals surface area contributed by atoms with Crippen LogP contribution in [0.5, 0.6) is 0 Å². The van der Waals surface area contributed by atoms with E-state index in [-0.39, 0.29) is 16.9 Å². The molecule has 3 heterocycles. The molecule has 0 saturated carbocycles. The highest BCUT2D eigenvalue weighted by atomic mass is 32.1. The van der Waals surface area contributed by atoms with Gasteiger partial charge in [0.15, 0.2) is 5.78 Å². The van der Waals surface area contributed by atoms with Crippen molar-refractivity contribution in [1.82, 2.24) is 9.55 Å². The third kappa shape index (κ3) is 3.31. The maximum absolute atomic E-state index is 13.3. The van der Waals surface area contributed by atoms with Gasteiger partial charge in [0.2, 0.25) is 5.78 Å². The Morgan fingerprint density at radius 3 is 2.54 bits per heavy atom. The summed E-state index contributed by atoms with van der Waals surface area (Å²) in [6, 6.07) is 0. The molecule has 0 amide bonds. The molecule has 0 atom stereocenters. The van der Waals surface area contributed by atoms with Gasteiger partial charge in [-0.1, -0.05) is 13.8 Å². The fourth-order valence-corrected chi connectivity index (χ4v) is 5.19. The molecule has 2 aromatic heterocycles. The number of carbonyl (C=O) groups excluding carboxylic acids is 3. The zero-order valence-corrected chi connectivity index (χ0v) is 17.1. The second kappa shape index (κ2) is 6.93. The van der Waals surface area contributed by atoms with E-state index in [2.05, 4.69) is 9.88 Å². The van der Waals surface area contributed by atoms with Gasteiger partial charge in [0.1, 0.15) is 10.7 Å². The van der Waals surface area contributed by atoms with Crippen LogP contribution in [0.1, 0.15) is 56.3 Å². The molecule has 0 spiro atoms. The van der Waals surface area contributed by atoms with Crippen molar-refractivity contribution in [3.8, 4) is 0 Å². The topological polar surface area (TPSA) is 81.5 Å². The molecule has 1 aliphatic carbocycles. The quantitative estimate of drug-likeness (QED) is 0.578. The van der Waals surface area contributed by atoms with E-state index in [1.807, 2.05) is 13.8 Å². The van der Waals surface area contributed by atoms with Crippen LogP contribution in [0.4, 0.5) is 5.00 Å². The lowest BCUT2D eigenvalue weighted by molar-refractivity contribution is 0.0812. The summed E-state index contributed by atoms with van der Waals surface area (Å²) in [5.41, 5.74) is 0.999. The van der Waals surface area contributed by atoms with E-state index in [1.165, 1.54) is 17.7 Å². The van der Waals surface area contributed by atoms with Crippen molar-refractivity contribution in [3.63, 3.8) is 0 Å². The number of carbonyl (C=O) groups is 3. The highest BCUT2D eigenvalue weighted by molar-refractivity contribution is 7.18. The van der Waals surface area contributed by atoms with Gasteiger partial charge >= 0.3 is 0 Å². The number of ketones is 3. The minimum atomic E-state index is -0.633. The minimum absolute atomic E-state index is 0.0510. The molecule has 148 valence electrons. The second-order valence-electron chi connectivity index (χ2n) is 8.21. The van der Waals surface area contributed by atoms with E-state index in [1.54, 1.807) is 17.8 Å². The number of nitrogens with zero attached hydrogens (tertiary/aromatic N) is 3. The summed E-state index contributed by atoms with van der Waals surface area (Å²) in [7, 11) is 1.75. The first-order valence-electron chi connectivity index (χ1n) is 9.35. The second-order valence-corrected chi connectivity index (χ2v) is 9.21. The smallest absolute Gasteiger partial charge is 0.253 e. The van der Waals surface area contributed by atoms with Gasteiger partial charge in [0.25, 0.3) is 5.78 Å². The molecule has 4 rings (SSSR count). The molecule has 0 N–H and O–H groups in total. The molecule has 2 aliphatic rings. The molecule has 0 aromatic carbocycles. The van der Waals surface area contributed by atoms with Crippen molar-refractivity contribution < 1.29 is 19.1 Å². The summed E-state index contributed by atoms with van der Waals surface area (Å²) < 4.78 is 7.07. The van der Waals surface area contributed by atoms with Crippen LogP contribution in [0.15, 0.2) is 12.5 Å². The standard InChI is InChI=1S/C20H23N3O4S/c1-20(2)8-12-15(17(26)16(25)13-10-22(3)11-21-13)19(23-4-6-27-7-5-23)28-18(12)14(24)9-20/h10-11H,4-9H2,1-3H3. The molecule has 1 aliphatic heterocycles. The fourth-order valence-electron chi connectivity index (χ4n) is 3.88. The summed E-state index contributed by atoms with van der Waals surface area (Å²) in [5, 5.41) is 0.716. The van der Waals surface area contributed by atoms with Crippen LogP contribution in [-0.4, -0.2) is 53.2 Å². The average molecular weight is 401 g/mol. The van der Waals surface area contributed by atoms with E-state index in [9.17, 15) is 14.4 Å². The monoisotopic (exact) mass is 401 g/mol. The number of Topliss-reactive ketones (excluding diaryl/α,β-unsaturated/α-hetero) is 3. The number of hydrogen-bond acceptors (Lipinski definition) is 7. The Bertz CT molecular complexity index is 966. The van der Waals surface area contributed by atoms with Crippen molar-refractivity contribution in [2.45, 2.75) is 26.7 Å². The highest BCUT2D eigenvalue weighted by Crippen LogP contribution is 2.45. The van der Waals surface area contributed by atoms with Crippen LogP contribution in [-0.2, 0) is 18.2 Å². The number of morpholine rings is 1. The number of fused-ring (bicyclic) bond motifs is 1. The summed E-state index contributed by atoms with van der Waals surface area (Å²) in [6.07, 6.45) is 4.10. The molecule has 1 saturated heterocycles. The number of aryl methyl sites for hydroxylation is 1. The molecule has 0 radical (unpaired) electrons. The zero-order chi connectivity index (χ0) is 20.1. The summed E-state index contributed by atoms with van der Waals surface area (Å²) in [4.78, 5) is 45.7. The third-order valence-electron chi connectivity index (χ3n) is 5.21. The predicted octanol–water partition coefficient (Wildman–Crippen LogP) is 2.54. The van der Waals surface area contributed by atoms with Gasteiger partial charge < -0.3 is 14.2 Å². The molecule has 8 heteroatoms. The van der Waals surface area contributed by atoms with Crippen molar-refractivity contribution in [2.75, 3.05) is 31.2 Å². The van der Waals surface area contributed by atoms with E-state index >= 15 is 0 Å². The van der Waals surface area contributed by atoms with Gasteiger partial charge in [0.05, 0.1) is 30.0 Å². The fraction of sp³-hybridized carbons (Fsp3) is 0.500. The van der Waals surface area contributed by atoms with Gasteiger partial charge in [0, 0.05) is 32.8 Å². The number of hydrogen-bond donors (Lipinski definition) is 0. The van der Waals surface area contributed by atoms with E-state index in [4.69, 9.17) is 4.74 Å². The Balaban J connectivity index is 1.82. The number of rotatable bonds is 4. The van der Waals surface area contributed by atoms with Gasteiger partial charge in [-0.25, -0.2) is 4.98 Å². The molecule has 0 bridgehead atoms. The molecule has 2 aromatic rings. The first kappa shape index (κ1) is 19.0. The van der Waals surface area contributed by atoms with E-state index < -0.39 is 11.6 Å². The van der Waals surface area contributed by atoms with Crippen LogP contribution >= 0.6 is 11.3 Å². The SMILES string of the molecule is Cn1cnc(C(=O)C(=O)c2c(N3CCOCC3)sc3c2CC(C)(C)CC3=O)c1. The number of anilines is 1. The van der Waals surface area contributed by atoms with Crippen LogP contribution in [0.3, 0.4) is 0 Å². The first-order valence-corrected chi connectivity index (χ1v) is 10.2. The Hall–Kier alpha value is -2.32. The van der Waals surface area contributed by atoms with Crippen LogP contribution in [0.25, 0.3) is 0 Å². The predicted molar refractivity (Wildman–Crippen MR) is 106 cm³/mol. The van der Waals surface area contributed by atoms with Crippen molar-refractivity contribution in [2.24, 2.45) is 12.5 Å². The number of aromatic nitrogens is 2. The summed E-state index contributed by atoms with van der Waals surface area (Å²) >= 11 is 1.35. The van der Waals surface area contributed by atoms with Gasteiger partial charge in [-0.05, 0) is 17.4 Å². The normalized spacial score (nSPS) is 18.8. The lowest BCUT2D eigenvalue weighted by Crippen LogP contribution is -2.37. The molecule has 7 nitrogen and oxygen atoms in total. The molecule has 28 heavy (non-hydrogen) atoms. The maximum atomic E-state index is 13.3.